The van der Waals surface area contributed by atoms with Crippen LogP contribution in [-0.4, -0.2) is 145 Å². The summed E-state index contributed by atoms with van der Waals surface area (Å²) in [7, 11) is 0. The van der Waals surface area contributed by atoms with Crippen molar-refractivity contribution in [2.45, 2.75) is 168 Å². The first-order valence-corrected chi connectivity index (χ1v) is 20.9. The van der Waals surface area contributed by atoms with Gasteiger partial charge in [-0.15, -0.1) is 0 Å². The molecule has 0 heterocycles. The monoisotopic (exact) mass is 902 g/mol. The smallest absolute Gasteiger partial charge is 0.326 e. The minimum Gasteiger partial charge on any atom is -0.481 e. The van der Waals surface area contributed by atoms with Gasteiger partial charge in [-0.1, -0.05) is 55.4 Å². The highest BCUT2D eigenvalue weighted by Crippen LogP contribution is 2.13. The molecular formula is C40H70N8O15. The normalized spacial score (nSPS) is 16.2. The summed E-state index contributed by atoms with van der Waals surface area (Å²) in [6.07, 6.45) is -4.93. The number of carbonyl (C=O) groups is 10. The lowest BCUT2D eigenvalue weighted by Gasteiger charge is -2.29. The number of aliphatic carboxylic acids is 3. The SMILES string of the molecule is CC(C)C[C@H](NC(=O)[C@H](CC(=O)O)NC(=O)[C@H](CC(C)C)NC(=O)[C@H](CC(C)C)NC(=O)[C@H](CC(C)C)NC(=O)[C@@H](NC(=O)[C@H](CC(=O)O)NC(=O)[C@@H](N)[C@@H](C)O)[C@@H](C)O)C(=O)O. The molecule has 0 fully saturated rings. The number of hydrogen-bond acceptors (Lipinski definition) is 13. The van der Waals surface area contributed by atoms with Crippen molar-refractivity contribution in [3.63, 3.8) is 0 Å². The van der Waals surface area contributed by atoms with Gasteiger partial charge in [-0.2, -0.15) is 0 Å². The van der Waals surface area contributed by atoms with E-state index in [0.29, 0.717) is 0 Å². The van der Waals surface area contributed by atoms with Gasteiger partial charge in [0.25, 0.3) is 0 Å². The molecule has 23 nitrogen and oxygen atoms in total. The zero-order valence-electron chi connectivity index (χ0n) is 37.7. The summed E-state index contributed by atoms with van der Waals surface area (Å²) in [5.41, 5.74) is 5.60. The Hall–Kier alpha value is -5.42. The van der Waals surface area contributed by atoms with Crippen molar-refractivity contribution in [2.75, 3.05) is 0 Å². The van der Waals surface area contributed by atoms with E-state index in [4.69, 9.17) is 5.73 Å². The molecule has 0 aliphatic carbocycles. The molecule has 0 rings (SSSR count). The topological polar surface area (TPSA) is 382 Å². The number of nitrogens with one attached hydrogen (secondary N) is 7. The zero-order valence-corrected chi connectivity index (χ0v) is 37.7. The number of carbonyl (C=O) groups excluding carboxylic acids is 7. The number of nitrogens with two attached hydrogens (primary N) is 1. The van der Waals surface area contributed by atoms with Crippen molar-refractivity contribution in [3.8, 4) is 0 Å². The number of hydrogen-bond donors (Lipinski definition) is 13. The zero-order chi connectivity index (χ0) is 49.0. The van der Waals surface area contributed by atoms with Gasteiger partial charge in [-0.25, -0.2) is 4.79 Å². The van der Waals surface area contributed by atoms with Crippen LogP contribution in [0.1, 0.15) is 108 Å². The minimum atomic E-state index is -1.81. The molecule has 10 atom stereocenters. The number of amides is 7. The van der Waals surface area contributed by atoms with Crippen LogP contribution in [0, 0.1) is 23.7 Å². The van der Waals surface area contributed by atoms with Crippen LogP contribution in [0.15, 0.2) is 0 Å². The number of rotatable bonds is 29. The molecule has 0 saturated carbocycles. The highest BCUT2D eigenvalue weighted by atomic mass is 16.4. The Balaban J connectivity index is 6.49. The van der Waals surface area contributed by atoms with Crippen molar-refractivity contribution in [2.24, 2.45) is 29.4 Å². The Morgan fingerprint density at radius 3 is 0.952 bits per heavy atom. The van der Waals surface area contributed by atoms with Crippen molar-refractivity contribution in [1.29, 1.82) is 0 Å². The summed E-state index contributed by atoms with van der Waals surface area (Å²) in [4.78, 5) is 129. The molecule has 0 aliphatic heterocycles. The van der Waals surface area contributed by atoms with E-state index in [1.807, 2.05) is 0 Å². The molecule has 0 aromatic carbocycles. The summed E-state index contributed by atoms with van der Waals surface area (Å²) in [6, 6.07) is -12.4. The molecule has 0 unspecified atom stereocenters. The van der Waals surface area contributed by atoms with E-state index in [-0.39, 0.29) is 49.4 Å². The third kappa shape index (κ3) is 22.5. The summed E-state index contributed by atoms with van der Waals surface area (Å²) < 4.78 is 0. The quantitative estimate of drug-likeness (QED) is 0.0375. The fourth-order valence-electron chi connectivity index (χ4n) is 6.07. The fraction of sp³-hybridized carbons (Fsp3) is 0.750. The summed E-state index contributed by atoms with van der Waals surface area (Å²) >= 11 is 0. The van der Waals surface area contributed by atoms with Crippen LogP contribution in [0.3, 0.4) is 0 Å². The Morgan fingerprint density at radius 1 is 0.381 bits per heavy atom. The van der Waals surface area contributed by atoms with E-state index in [2.05, 4.69) is 37.2 Å². The maximum Gasteiger partial charge on any atom is 0.326 e. The molecule has 0 radical (unpaired) electrons. The second-order valence-electron chi connectivity index (χ2n) is 17.4. The van der Waals surface area contributed by atoms with Crippen molar-refractivity contribution < 1.29 is 73.5 Å². The molecule has 63 heavy (non-hydrogen) atoms. The minimum absolute atomic E-state index is 0.00810. The average molecular weight is 903 g/mol. The molecule has 0 aromatic heterocycles. The van der Waals surface area contributed by atoms with E-state index in [9.17, 15) is 73.5 Å². The van der Waals surface area contributed by atoms with Crippen LogP contribution in [0.4, 0.5) is 0 Å². The lowest BCUT2D eigenvalue weighted by atomic mass is 9.98. The summed E-state index contributed by atoms with van der Waals surface area (Å²) in [5.74, 6) is -12.5. The lowest BCUT2D eigenvalue weighted by Crippen LogP contribution is -2.62. The highest BCUT2D eigenvalue weighted by molar-refractivity contribution is 5.98. The molecule has 0 saturated heterocycles. The number of aliphatic hydroxyl groups is 2. The Labute approximate surface area is 367 Å². The van der Waals surface area contributed by atoms with Crippen LogP contribution in [0.5, 0.6) is 0 Å². The van der Waals surface area contributed by atoms with Gasteiger partial charge < -0.3 is 68.5 Å². The van der Waals surface area contributed by atoms with E-state index in [1.165, 1.54) is 6.92 Å². The second-order valence-corrected chi connectivity index (χ2v) is 17.4. The Morgan fingerprint density at radius 2 is 0.651 bits per heavy atom. The molecule has 7 amide bonds. The third-order valence-corrected chi connectivity index (χ3v) is 9.25. The molecule has 0 aliphatic rings. The van der Waals surface area contributed by atoms with Gasteiger partial charge >= 0.3 is 17.9 Å². The number of carboxylic acid groups (broad SMARTS) is 3. The summed E-state index contributed by atoms with van der Waals surface area (Å²) in [6.45, 7) is 16.1. The van der Waals surface area contributed by atoms with Gasteiger partial charge in [0.2, 0.25) is 41.4 Å². The Kier molecular flexibility index (Phi) is 25.2. The first kappa shape index (κ1) is 57.6. The standard InChI is InChI=1S/C40H70N8O15/c1-17(2)11-23(33(55)42-24(12-18(3)4)34(56)44-26(15-29(51)52)36(58)47-28(40(62)63)14-20(7)8)43-35(57)25(13-19(5)6)46-39(61)32(22(10)50)48-37(59)27(16-30(53)54)45-38(60)31(41)21(9)49/h17-28,31-32,49-50H,11-16,41H2,1-10H3,(H,42,55)(H,43,57)(H,44,56)(H,45,60)(H,46,61)(H,47,58)(H,48,59)(H,51,52)(H,53,54)(H,62,63)/t21-,22-,23+,24+,25+,26+,27+,28+,31+,32+/m1/s1. The van der Waals surface area contributed by atoms with E-state index < -0.39 is 133 Å². The van der Waals surface area contributed by atoms with Crippen LogP contribution in [0.25, 0.3) is 0 Å². The summed E-state index contributed by atoms with van der Waals surface area (Å²) in [5, 5.41) is 65.1. The molecule has 0 aromatic rings. The van der Waals surface area contributed by atoms with Crippen LogP contribution in [-0.2, 0) is 47.9 Å². The predicted molar refractivity (Wildman–Crippen MR) is 225 cm³/mol. The average Bonchev–Trinajstić information content (AvgIpc) is 3.13. The Bertz CT molecular complexity index is 1600. The molecule has 14 N–H and O–H groups in total. The predicted octanol–water partition coefficient (Wildman–Crippen LogP) is -2.31. The third-order valence-electron chi connectivity index (χ3n) is 9.25. The number of aliphatic hydroxyl groups excluding tert-OH is 2. The molecule has 23 heteroatoms. The largest absolute Gasteiger partial charge is 0.481 e. The fourth-order valence-corrected chi connectivity index (χ4v) is 6.07. The van der Waals surface area contributed by atoms with E-state index in [0.717, 1.165) is 6.92 Å². The van der Waals surface area contributed by atoms with Crippen LogP contribution < -0.4 is 43.0 Å². The van der Waals surface area contributed by atoms with Crippen molar-refractivity contribution in [1.82, 2.24) is 37.2 Å². The van der Waals surface area contributed by atoms with Crippen LogP contribution >= 0.6 is 0 Å². The lowest BCUT2D eigenvalue weighted by molar-refractivity contribution is -0.144. The van der Waals surface area contributed by atoms with Crippen molar-refractivity contribution >= 4 is 59.3 Å². The van der Waals surface area contributed by atoms with E-state index in [1.54, 1.807) is 55.4 Å². The first-order valence-electron chi connectivity index (χ1n) is 20.9. The van der Waals surface area contributed by atoms with Crippen molar-refractivity contribution in [3.05, 3.63) is 0 Å². The maximum atomic E-state index is 13.9. The van der Waals surface area contributed by atoms with Gasteiger partial charge in [0.05, 0.1) is 25.0 Å². The van der Waals surface area contributed by atoms with Gasteiger partial charge in [0.1, 0.15) is 48.3 Å². The molecule has 360 valence electrons. The maximum absolute atomic E-state index is 13.9. The number of carboxylic acids is 3. The molecular weight excluding hydrogens is 832 g/mol. The highest BCUT2D eigenvalue weighted by Gasteiger charge is 2.37. The molecule has 0 spiro atoms. The van der Waals surface area contributed by atoms with Gasteiger partial charge in [-0.3, -0.25) is 43.2 Å². The first-order chi connectivity index (χ1) is 29.0. The molecule has 0 bridgehead atoms. The van der Waals surface area contributed by atoms with Crippen LogP contribution in [0.2, 0.25) is 0 Å². The second kappa shape index (κ2) is 27.6. The van der Waals surface area contributed by atoms with Gasteiger partial charge in [0.15, 0.2) is 0 Å². The van der Waals surface area contributed by atoms with Gasteiger partial charge in [0, 0.05) is 0 Å². The van der Waals surface area contributed by atoms with Gasteiger partial charge in [-0.05, 0) is 63.2 Å². The van der Waals surface area contributed by atoms with E-state index >= 15 is 0 Å².